The van der Waals surface area contributed by atoms with Crippen molar-refractivity contribution < 1.29 is 5.11 Å². The summed E-state index contributed by atoms with van der Waals surface area (Å²) in [5, 5.41) is 12.7. The molecule has 0 radical (unpaired) electrons. The van der Waals surface area contributed by atoms with E-state index in [1.165, 1.54) is 0 Å². The molecule has 5 nitrogen and oxygen atoms in total. The summed E-state index contributed by atoms with van der Waals surface area (Å²) in [6, 6.07) is 26.5. The molecule has 5 heteroatoms. The molecule has 0 aliphatic carbocycles. The van der Waals surface area contributed by atoms with Crippen LogP contribution >= 0.6 is 0 Å². The van der Waals surface area contributed by atoms with Gasteiger partial charge in [-0.15, -0.1) is 0 Å². The van der Waals surface area contributed by atoms with Crippen molar-refractivity contribution in [2.75, 3.05) is 6.54 Å². The Balaban J connectivity index is 1.71. The summed E-state index contributed by atoms with van der Waals surface area (Å²) < 4.78 is 1.57. The Hall–Kier alpha value is -3.86. The van der Waals surface area contributed by atoms with E-state index in [0.717, 1.165) is 28.9 Å². The Morgan fingerprint density at radius 3 is 2.23 bits per heavy atom. The van der Waals surface area contributed by atoms with E-state index in [0.29, 0.717) is 17.8 Å². The predicted molar refractivity (Wildman–Crippen MR) is 121 cm³/mol. The van der Waals surface area contributed by atoms with Gasteiger partial charge in [0, 0.05) is 17.8 Å². The van der Waals surface area contributed by atoms with Gasteiger partial charge in [0.25, 0.3) is 5.56 Å². The molecule has 0 saturated heterocycles. The number of H-pyrrole nitrogens is 1. The standard InChI is InChI=1S/C25H23N3O2/c1-18(26-17-16-19-12-14-22(29)15-13-19)23-24(20-8-4-2-5-9-20)27-28(25(23)30)21-10-6-3-7-11-21/h2-15,27,29H,16-17H2,1H3. The minimum absolute atomic E-state index is 0.120. The van der Waals surface area contributed by atoms with Gasteiger partial charge in [-0.05, 0) is 43.2 Å². The molecule has 150 valence electrons. The quantitative estimate of drug-likeness (QED) is 0.467. The number of aromatic amines is 1. The third-order valence-electron chi connectivity index (χ3n) is 5.02. The van der Waals surface area contributed by atoms with Gasteiger partial charge in [0.1, 0.15) is 5.75 Å². The van der Waals surface area contributed by atoms with Crippen molar-refractivity contribution >= 4 is 5.71 Å². The fourth-order valence-corrected chi connectivity index (χ4v) is 3.44. The van der Waals surface area contributed by atoms with Gasteiger partial charge in [0.2, 0.25) is 0 Å². The summed E-state index contributed by atoms with van der Waals surface area (Å²) in [5.41, 5.74) is 4.72. The zero-order valence-corrected chi connectivity index (χ0v) is 16.7. The summed E-state index contributed by atoms with van der Waals surface area (Å²) in [6.45, 7) is 2.43. The van der Waals surface area contributed by atoms with Crippen LogP contribution in [0.3, 0.4) is 0 Å². The smallest absolute Gasteiger partial charge is 0.280 e. The normalized spacial score (nSPS) is 11.6. The number of para-hydroxylation sites is 1. The first-order valence-corrected chi connectivity index (χ1v) is 9.88. The number of nitrogens with zero attached hydrogens (tertiary/aromatic N) is 2. The molecule has 1 heterocycles. The maximum Gasteiger partial charge on any atom is 0.280 e. The highest BCUT2D eigenvalue weighted by atomic mass is 16.3. The van der Waals surface area contributed by atoms with Crippen LogP contribution in [0.25, 0.3) is 16.9 Å². The van der Waals surface area contributed by atoms with Crippen molar-refractivity contribution in [1.29, 1.82) is 0 Å². The highest BCUT2D eigenvalue weighted by molar-refractivity contribution is 6.03. The average Bonchev–Trinajstić information content (AvgIpc) is 3.13. The molecule has 0 atom stereocenters. The van der Waals surface area contributed by atoms with E-state index in [4.69, 9.17) is 0 Å². The van der Waals surface area contributed by atoms with Crippen LogP contribution in [0.5, 0.6) is 5.75 Å². The van der Waals surface area contributed by atoms with Crippen LogP contribution in [-0.2, 0) is 6.42 Å². The molecule has 0 fully saturated rings. The summed E-state index contributed by atoms with van der Waals surface area (Å²) in [6.07, 6.45) is 0.732. The van der Waals surface area contributed by atoms with Crippen LogP contribution in [0.2, 0.25) is 0 Å². The first-order valence-electron chi connectivity index (χ1n) is 9.88. The molecule has 30 heavy (non-hydrogen) atoms. The molecule has 3 aromatic carbocycles. The number of aromatic hydroxyl groups is 1. The second-order valence-corrected chi connectivity index (χ2v) is 7.09. The zero-order valence-electron chi connectivity index (χ0n) is 16.7. The molecular weight excluding hydrogens is 374 g/mol. The van der Waals surface area contributed by atoms with E-state index in [1.807, 2.05) is 79.7 Å². The lowest BCUT2D eigenvalue weighted by Gasteiger charge is -2.03. The van der Waals surface area contributed by atoms with Crippen LogP contribution in [0.15, 0.2) is 94.7 Å². The lowest BCUT2D eigenvalue weighted by Crippen LogP contribution is -2.19. The van der Waals surface area contributed by atoms with Gasteiger partial charge in [-0.2, -0.15) is 0 Å². The van der Waals surface area contributed by atoms with Crippen molar-refractivity contribution in [3.63, 3.8) is 0 Å². The maximum absolute atomic E-state index is 13.3. The molecule has 0 unspecified atom stereocenters. The van der Waals surface area contributed by atoms with E-state index in [2.05, 4.69) is 10.1 Å². The van der Waals surface area contributed by atoms with Gasteiger partial charge >= 0.3 is 0 Å². The van der Waals surface area contributed by atoms with Gasteiger partial charge < -0.3 is 5.11 Å². The van der Waals surface area contributed by atoms with Crippen molar-refractivity contribution in [2.45, 2.75) is 13.3 Å². The number of benzene rings is 3. The van der Waals surface area contributed by atoms with E-state index in [-0.39, 0.29) is 11.3 Å². The summed E-state index contributed by atoms with van der Waals surface area (Å²) in [4.78, 5) is 18.0. The molecule has 0 aliphatic heterocycles. The Morgan fingerprint density at radius 1 is 0.933 bits per heavy atom. The Morgan fingerprint density at radius 2 is 1.57 bits per heavy atom. The third kappa shape index (κ3) is 4.10. The summed E-state index contributed by atoms with van der Waals surface area (Å²) in [7, 11) is 0. The molecule has 4 aromatic rings. The third-order valence-corrected chi connectivity index (χ3v) is 5.02. The molecule has 0 saturated carbocycles. The van der Waals surface area contributed by atoms with Gasteiger partial charge in [-0.1, -0.05) is 60.7 Å². The molecule has 0 spiro atoms. The molecular formula is C25H23N3O2. The van der Waals surface area contributed by atoms with Crippen molar-refractivity contribution in [1.82, 2.24) is 9.78 Å². The average molecular weight is 397 g/mol. The van der Waals surface area contributed by atoms with Gasteiger partial charge in [-0.25, -0.2) is 4.68 Å². The van der Waals surface area contributed by atoms with Crippen LogP contribution in [0.4, 0.5) is 0 Å². The van der Waals surface area contributed by atoms with Crippen LogP contribution < -0.4 is 5.56 Å². The summed E-state index contributed by atoms with van der Waals surface area (Å²) >= 11 is 0. The topological polar surface area (TPSA) is 70.4 Å². The highest BCUT2D eigenvalue weighted by Crippen LogP contribution is 2.21. The van der Waals surface area contributed by atoms with Crippen molar-refractivity contribution in [3.8, 4) is 22.7 Å². The molecule has 0 aliphatic rings. The van der Waals surface area contributed by atoms with E-state index < -0.39 is 0 Å². The number of rotatable bonds is 6. The minimum atomic E-state index is -0.120. The number of hydrogen-bond acceptors (Lipinski definition) is 3. The summed E-state index contributed by atoms with van der Waals surface area (Å²) in [5.74, 6) is 0.250. The van der Waals surface area contributed by atoms with Crippen LogP contribution in [-0.4, -0.2) is 27.1 Å². The lowest BCUT2D eigenvalue weighted by molar-refractivity contribution is 0.475. The van der Waals surface area contributed by atoms with Crippen LogP contribution in [0.1, 0.15) is 18.1 Å². The lowest BCUT2D eigenvalue weighted by atomic mass is 10.1. The SMILES string of the molecule is CC(=NCCc1ccc(O)cc1)c1c(-c2ccccc2)[nH]n(-c2ccccc2)c1=O. The van der Waals surface area contributed by atoms with Crippen molar-refractivity contribution in [2.24, 2.45) is 4.99 Å². The maximum atomic E-state index is 13.3. The van der Waals surface area contributed by atoms with Crippen LogP contribution in [0, 0.1) is 0 Å². The van der Waals surface area contributed by atoms with Gasteiger partial charge in [0.15, 0.2) is 0 Å². The minimum Gasteiger partial charge on any atom is -0.508 e. The number of phenols is 1. The number of hydrogen-bond donors (Lipinski definition) is 2. The Bertz CT molecular complexity index is 1210. The molecule has 0 amide bonds. The Labute approximate surface area is 175 Å². The van der Waals surface area contributed by atoms with Gasteiger partial charge in [-0.3, -0.25) is 14.9 Å². The molecule has 4 rings (SSSR count). The number of aromatic nitrogens is 2. The Kier molecular flexibility index (Phi) is 5.61. The highest BCUT2D eigenvalue weighted by Gasteiger charge is 2.18. The van der Waals surface area contributed by atoms with E-state index in [9.17, 15) is 9.90 Å². The van der Waals surface area contributed by atoms with Crippen molar-refractivity contribution in [3.05, 3.63) is 106 Å². The second-order valence-electron chi connectivity index (χ2n) is 7.09. The predicted octanol–water partition coefficient (Wildman–Crippen LogP) is 4.59. The molecule has 0 bridgehead atoms. The number of aliphatic imine (C=N–C) groups is 1. The first kappa shape index (κ1) is 19.5. The second kappa shape index (κ2) is 8.66. The number of phenolic OH excluding ortho intramolecular Hbond substituents is 1. The zero-order chi connectivity index (χ0) is 20.9. The van der Waals surface area contributed by atoms with E-state index >= 15 is 0 Å². The monoisotopic (exact) mass is 397 g/mol. The fourth-order valence-electron chi connectivity index (χ4n) is 3.44. The first-order chi connectivity index (χ1) is 14.6. The van der Waals surface area contributed by atoms with Gasteiger partial charge in [0.05, 0.1) is 16.9 Å². The molecule has 1 aromatic heterocycles. The van der Waals surface area contributed by atoms with E-state index in [1.54, 1.807) is 16.8 Å². The fraction of sp³-hybridized carbons (Fsp3) is 0.120. The largest absolute Gasteiger partial charge is 0.508 e. The molecule has 2 N–H and O–H groups in total. The number of nitrogens with one attached hydrogen (secondary N) is 1.